The fourth-order valence-corrected chi connectivity index (χ4v) is 3.90. The SMILES string of the molecule is COc1ncc(Cl)cc1SNc1ccc(F)c(-c2cccc3cnc(N)nc23)c1F. The molecule has 0 amide bonds. The molecule has 2 aromatic heterocycles. The van der Waals surface area contributed by atoms with Crippen LogP contribution in [0.3, 0.4) is 0 Å². The second-order valence-electron chi connectivity index (χ2n) is 6.12. The molecule has 0 saturated heterocycles. The molecule has 0 radical (unpaired) electrons. The predicted molar refractivity (Wildman–Crippen MR) is 115 cm³/mol. The zero-order valence-corrected chi connectivity index (χ0v) is 17.1. The molecule has 0 bridgehead atoms. The van der Waals surface area contributed by atoms with Crippen molar-refractivity contribution in [3.63, 3.8) is 0 Å². The molecule has 152 valence electrons. The lowest BCUT2D eigenvalue weighted by Gasteiger charge is -2.13. The van der Waals surface area contributed by atoms with Crippen LogP contribution in [-0.2, 0) is 0 Å². The van der Waals surface area contributed by atoms with Gasteiger partial charge in [-0.1, -0.05) is 29.8 Å². The van der Waals surface area contributed by atoms with Gasteiger partial charge in [0.25, 0.3) is 0 Å². The number of benzene rings is 2. The van der Waals surface area contributed by atoms with Gasteiger partial charge in [-0.15, -0.1) is 0 Å². The Morgan fingerprint density at radius 2 is 1.97 bits per heavy atom. The highest BCUT2D eigenvalue weighted by molar-refractivity contribution is 8.00. The third-order valence-corrected chi connectivity index (χ3v) is 5.28. The first-order valence-corrected chi connectivity index (χ1v) is 9.79. The first-order chi connectivity index (χ1) is 14.5. The summed E-state index contributed by atoms with van der Waals surface area (Å²) in [6.07, 6.45) is 2.95. The minimum absolute atomic E-state index is 0.0150. The van der Waals surface area contributed by atoms with Crippen molar-refractivity contribution in [3.8, 4) is 17.0 Å². The van der Waals surface area contributed by atoms with Gasteiger partial charge in [-0.3, -0.25) is 0 Å². The van der Waals surface area contributed by atoms with Gasteiger partial charge in [0.1, 0.15) is 5.82 Å². The molecule has 10 heteroatoms. The summed E-state index contributed by atoms with van der Waals surface area (Å²) in [5.41, 5.74) is 6.15. The fourth-order valence-electron chi connectivity index (χ4n) is 2.89. The molecule has 0 fully saturated rings. The maximum Gasteiger partial charge on any atom is 0.228 e. The molecule has 0 saturated carbocycles. The van der Waals surface area contributed by atoms with Gasteiger partial charge in [0.2, 0.25) is 11.8 Å². The summed E-state index contributed by atoms with van der Waals surface area (Å²) in [6, 6.07) is 9.10. The lowest BCUT2D eigenvalue weighted by Crippen LogP contribution is -2.00. The molecular weight excluding hydrogens is 432 g/mol. The Labute approximate surface area is 179 Å². The van der Waals surface area contributed by atoms with E-state index < -0.39 is 11.6 Å². The van der Waals surface area contributed by atoms with E-state index in [4.69, 9.17) is 22.1 Å². The Kier molecular flexibility index (Phi) is 5.56. The van der Waals surface area contributed by atoms with E-state index in [0.717, 1.165) is 11.9 Å². The van der Waals surface area contributed by atoms with E-state index in [9.17, 15) is 4.39 Å². The fraction of sp³-hybridized carbons (Fsp3) is 0.0500. The molecule has 0 aliphatic rings. The Morgan fingerprint density at radius 3 is 2.77 bits per heavy atom. The number of nitrogens with two attached hydrogens (primary N) is 1. The van der Waals surface area contributed by atoms with Crippen LogP contribution in [0.25, 0.3) is 22.0 Å². The number of hydrogen-bond acceptors (Lipinski definition) is 7. The predicted octanol–water partition coefficient (Wildman–Crippen LogP) is 5.33. The summed E-state index contributed by atoms with van der Waals surface area (Å²) in [6.45, 7) is 0. The molecule has 6 nitrogen and oxygen atoms in total. The molecule has 0 aliphatic heterocycles. The third-order valence-electron chi connectivity index (χ3n) is 4.24. The highest BCUT2D eigenvalue weighted by Crippen LogP contribution is 2.37. The standard InChI is InChI=1S/C20H14ClF2N5OS/c1-29-19-15(7-11(21)9-25-19)30-28-14-6-5-13(22)16(17(14)23)12-4-2-3-10-8-26-20(24)27-18(10)12/h2-9,28H,1H3,(H2,24,26,27). The van der Waals surface area contributed by atoms with Crippen LogP contribution in [0.2, 0.25) is 5.02 Å². The Bertz CT molecular complexity index is 1260. The number of anilines is 2. The van der Waals surface area contributed by atoms with Crippen LogP contribution < -0.4 is 15.2 Å². The van der Waals surface area contributed by atoms with Gasteiger partial charge in [-0.2, -0.15) is 0 Å². The van der Waals surface area contributed by atoms with Crippen LogP contribution in [-0.4, -0.2) is 22.1 Å². The van der Waals surface area contributed by atoms with Crippen LogP contribution >= 0.6 is 23.5 Å². The number of aromatic nitrogens is 3. The summed E-state index contributed by atoms with van der Waals surface area (Å²) in [5, 5.41) is 1.01. The average molecular weight is 446 g/mol. The van der Waals surface area contributed by atoms with Gasteiger partial charge >= 0.3 is 0 Å². The summed E-state index contributed by atoms with van der Waals surface area (Å²) in [7, 11) is 1.46. The van der Waals surface area contributed by atoms with E-state index >= 15 is 4.39 Å². The van der Waals surface area contributed by atoms with Crippen molar-refractivity contribution in [3.05, 3.63) is 65.4 Å². The summed E-state index contributed by atoms with van der Waals surface area (Å²) < 4.78 is 38.1. The Hall–Kier alpha value is -3.17. The molecule has 2 heterocycles. The number of methoxy groups -OCH3 is 1. The van der Waals surface area contributed by atoms with Crippen molar-refractivity contribution in [1.29, 1.82) is 0 Å². The minimum Gasteiger partial charge on any atom is -0.480 e. The molecule has 0 aliphatic carbocycles. The number of ether oxygens (including phenoxy) is 1. The van der Waals surface area contributed by atoms with Crippen molar-refractivity contribution < 1.29 is 13.5 Å². The first kappa shape index (κ1) is 20.1. The normalized spacial score (nSPS) is 10.9. The highest BCUT2D eigenvalue weighted by Gasteiger charge is 2.19. The molecular formula is C20H14ClF2N5OS. The van der Waals surface area contributed by atoms with E-state index in [1.54, 1.807) is 24.3 Å². The number of nitrogen functional groups attached to an aromatic ring is 1. The largest absolute Gasteiger partial charge is 0.480 e. The lowest BCUT2D eigenvalue weighted by molar-refractivity contribution is 0.387. The summed E-state index contributed by atoms with van der Waals surface area (Å²) in [4.78, 5) is 12.7. The zero-order chi connectivity index (χ0) is 21.3. The molecule has 0 unspecified atom stereocenters. The molecule has 3 N–H and O–H groups in total. The Balaban J connectivity index is 1.76. The van der Waals surface area contributed by atoms with Gasteiger partial charge in [0.05, 0.1) is 33.8 Å². The van der Waals surface area contributed by atoms with E-state index in [0.29, 0.717) is 26.7 Å². The number of hydrogen-bond donors (Lipinski definition) is 2. The van der Waals surface area contributed by atoms with Crippen LogP contribution in [0.5, 0.6) is 5.88 Å². The zero-order valence-electron chi connectivity index (χ0n) is 15.5. The van der Waals surface area contributed by atoms with E-state index in [1.807, 2.05) is 0 Å². The number of para-hydroxylation sites is 1. The van der Waals surface area contributed by atoms with Crippen LogP contribution in [0.15, 0.2) is 53.7 Å². The smallest absolute Gasteiger partial charge is 0.228 e. The maximum absolute atomic E-state index is 15.3. The van der Waals surface area contributed by atoms with Gasteiger partial charge in [-0.05, 0) is 30.1 Å². The number of nitrogens with one attached hydrogen (secondary N) is 1. The topological polar surface area (TPSA) is 86.0 Å². The average Bonchev–Trinajstić information content (AvgIpc) is 2.73. The molecule has 0 spiro atoms. The van der Waals surface area contributed by atoms with Crippen molar-refractivity contribution in [2.45, 2.75) is 4.90 Å². The third kappa shape index (κ3) is 3.81. The number of fused-ring (bicyclic) bond motifs is 1. The molecule has 0 atom stereocenters. The van der Waals surface area contributed by atoms with Gasteiger partial charge in [0.15, 0.2) is 5.82 Å². The van der Waals surface area contributed by atoms with E-state index in [1.165, 1.54) is 31.6 Å². The summed E-state index contributed by atoms with van der Waals surface area (Å²) >= 11 is 7.01. The van der Waals surface area contributed by atoms with Crippen LogP contribution in [0, 0.1) is 11.6 Å². The quantitative estimate of drug-likeness (QED) is 0.401. The van der Waals surface area contributed by atoms with E-state index in [-0.39, 0.29) is 22.8 Å². The summed E-state index contributed by atoms with van der Waals surface area (Å²) in [5.74, 6) is -1.17. The van der Waals surface area contributed by atoms with Gasteiger partial charge < -0.3 is 15.2 Å². The monoisotopic (exact) mass is 445 g/mol. The van der Waals surface area contributed by atoms with Crippen molar-refractivity contribution in [2.75, 3.05) is 17.6 Å². The highest BCUT2D eigenvalue weighted by atomic mass is 35.5. The number of nitrogens with zero attached hydrogens (tertiary/aromatic N) is 3. The minimum atomic E-state index is -0.777. The van der Waals surface area contributed by atoms with Crippen molar-refractivity contribution in [2.24, 2.45) is 0 Å². The molecule has 2 aromatic carbocycles. The van der Waals surface area contributed by atoms with Gasteiger partial charge in [0, 0.05) is 23.3 Å². The lowest BCUT2D eigenvalue weighted by atomic mass is 10.0. The van der Waals surface area contributed by atoms with Crippen LogP contribution in [0.4, 0.5) is 20.4 Å². The second-order valence-corrected chi connectivity index (χ2v) is 7.41. The van der Waals surface area contributed by atoms with E-state index in [2.05, 4.69) is 19.7 Å². The number of rotatable bonds is 5. The first-order valence-electron chi connectivity index (χ1n) is 8.60. The van der Waals surface area contributed by atoms with Gasteiger partial charge in [-0.25, -0.2) is 23.7 Å². The molecule has 30 heavy (non-hydrogen) atoms. The Morgan fingerprint density at radius 1 is 1.13 bits per heavy atom. The second kappa shape index (κ2) is 8.29. The maximum atomic E-state index is 15.3. The molecule has 4 rings (SSSR count). The van der Waals surface area contributed by atoms with Crippen LogP contribution in [0.1, 0.15) is 0 Å². The number of halogens is 3. The number of pyridine rings is 1. The van der Waals surface area contributed by atoms with Crippen molar-refractivity contribution in [1.82, 2.24) is 15.0 Å². The molecule has 4 aromatic rings. The van der Waals surface area contributed by atoms with Crippen molar-refractivity contribution >= 4 is 46.1 Å².